The van der Waals surface area contributed by atoms with Crippen LogP contribution in [0.4, 0.5) is 0 Å². The van der Waals surface area contributed by atoms with E-state index in [4.69, 9.17) is 4.74 Å². The molecule has 1 atom stereocenters. The Morgan fingerprint density at radius 2 is 2.06 bits per heavy atom. The maximum atomic E-state index is 11.9. The molecule has 0 bridgehead atoms. The lowest BCUT2D eigenvalue weighted by Crippen LogP contribution is -2.21. The molecular formula is C14H16O4. The van der Waals surface area contributed by atoms with Gasteiger partial charge in [-0.3, -0.25) is 4.79 Å². The van der Waals surface area contributed by atoms with Crippen molar-refractivity contribution in [1.29, 1.82) is 0 Å². The lowest BCUT2D eigenvalue weighted by Gasteiger charge is -2.08. The van der Waals surface area contributed by atoms with E-state index in [1.165, 1.54) is 7.11 Å². The van der Waals surface area contributed by atoms with E-state index < -0.39 is 0 Å². The van der Waals surface area contributed by atoms with Crippen LogP contribution in [0.15, 0.2) is 24.3 Å². The van der Waals surface area contributed by atoms with Gasteiger partial charge in [-0.2, -0.15) is 0 Å². The summed E-state index contributed by atoms with van der Waals surface area (Å²) >= 11 is 0. The van der Waals surface area contributed by atoms with Gasteiger partial charge in [-0.1, -0.05) is 12.1 Å². The standard InChI is InChI=1S/C14H16O4/c1-17-14(16)11-6-4-10(5-7-11)9-12(15)13-3-2-8-18-13/h4-7,13H,2-3,8-9H2,1H3. The summed E-state index contributed by atoms with van der Waals surface area (Å²) in [5, 5.41) is 0. The molecule has 18 heavy (non-hydrogen) atoms. The number of ether oxygens (including phenoxy) is 2. The quantitative estimate of drug-likeness (QED) is 0.762. The van der Waals surface area contributed by atoms with Crippen LogP contribution in [-0.4, -0.2) is 31.6 Å². The fourth-order valence-electron chi connectivity index (χ4n) is 2.02. The minimum Gasteiger partial charge on any atom is -0.465 e. The van der Waals surface area contributed by atoms with E-state index in [-0.39, 0.29) is 17.9 Å². The van der Waals surface area contributed by atoms with Gasteiger partial charge in [0.2, 0.25) is 0 Å². The summed E-state index contributed by atoms with van der Waals surface area (Å²) in [5.41, 5.74) is 1.38. The van der Waals surface area contributed by atoms with Gasteiger partial charge in [0.15, 0.2) is 5.78 Å². The molecule has 1 unspecified atom stereocenters. The van der Waals surface area contributed by atoms with Gasteiger partial charge in [0.25, 0.3) is 0 Å². The van der Waals surface area contributed by atoms with Crippen molar-refractivity contribution in [3.63, 3.8) is 0 Å². The summed E-state index contributed by atoms with van der Waals surface area (Å²) in [7, 11) is 1.34. The van der Waals surface area contributed by atoms with E-state index >= 15 is 0 Å². The Labute approximate surface area is 106 Å². The number of ketones is 1. The van der Waals surface area contributed by atoms with Crippen molar-refractivity contribution >= 4 is 11.8 Å². The number of benzene rings is 1. The smallest absolute Gasteiger partial charge is 0.337 e. The molecule has 0 amide bonds. The summed E-state index contributed by atoms with van der Waals surface area (Å²) in [4.78, 5) is 23.1. The first-order valence-corrected chi connectivity index (χ1v) is 6.02. The molecule has 1 fully saturated rings. The van der Waals surface area contributed by atoms with Crippen LogP contribution in [0.1, 0.15) is 28.8 Å². The lowest BCUT2D eigenvalue weighted by molar-refractivity contribution is -0.127. The van der Waals surface area contributed by atoms with Gasteiger partial charge in [0.05, 0.1) is 12.7 Å². The Morgan fingerprint density at radius 3 is 2.61 bits per heavy atom. The largest absolute Gasteiger partial charge is 0.465 e. The predicted molar refractivity (Wildman–Crippen MR) is 65.5 cm³/mol. The fraction of sp³-hybridized carbons (Fsp3) is 0.429. The van der Waals surface area contributed by atoms with Crippen LogP contribution in [0.2, 0.25) is 0 Å². The van der Waals surface area contributed by atoms with Gasteiger partial charge in [0.1, 0.15) is 6.10 Å². The minimum atomic E-state index is -0.369. The zero-order valence-corrected chi connectivity index (χ0v) is 10.3. The van der Waals surface area contributed by atoms with Crippen molar-refractivity contribution in [1.82, 2.24) is 0 Å². The first-order chi connectivity index (χ1) is 8.70. The molecule has 1 aliphatic rings. The molecule has 1 aliphatic heterocycles. The molecular weight excluding hydrogens is 232 g/mol. The first kappa shape index (κ1) is 12.8. The zero-order valence-electron chi connectivity index (χ0n) is 10.3. The second-order valence-corrected chi connectivity index (χ2v) is 4.33. The Morgan fingerprint density at radius 1 is 1.33 bits per heavy atom. The molecule has 1 heterocycles. The number of carbonyl (C=O) groups excluding carboxylic acids is 2. The van der Waals surface area contributed by atoms with Gasteiger partial charge in [-0.25, -0.2) is 4.79 Å². The van der Waals surface area contributed by atoms with Crippen molar-refractivity contribution in [3.8, 4) is 0 Å². The highest BCUT2D eigenvalue weighted by Gasteiger charge is 2.23. The fourth-order valence-corrected chi connectivity index (χ4v) is 2.02. The molecule has 0 N–H and O–H groups in total. The molecule has 96 valence electrons. The van der Waals surface area contributed by atoms with Crippen molar-refractivity contribution < 1.29 is 19.1 Å². The number of Topliss-reactive ketones (excluding diaryl/α,β-unsaturated/α-hetero) is 1. The monoisotopic (exact) mass is 248 g/mol. The van der Waals surface area contributed by atoms with Crippen LogP contribution in [0.5, 0.6) is 0 Å². The van der Waals surface area contributed by atoms with Crippen molar-refractivity contribution in [2.45, 2.75) is 25.4 Å². The maximum Gasteiger partial charge on any atom is 0.337 e. The van der Waals surface area contributed by atoms with Gasteiger partial charge >= 0.3 is 5.97 Å². The van der Waals surface area contributed by atoms with Crippen LogP contribution in [0.3, 0.4) is 0 Å². The van der Waals surface area contributed by atoms with E-state index in [9.17, 15) is 9.59 Å². The van der Waals surface area contributed by atoms with Crippen LogP contribution in [-0.2, 0) is 20.7 Å². The number of hydrogen-bond acceptors (Lipinski definition) is 4. The highest BCUT2D eigenvalue weighted by Crippen LogP contribution is 2.15. The average Bonchev–Trinajstić information content (AvgIpc) is 2.92. The lowest BCUT2D eigenvalue weighted by atomic mass is 10.0. The number of rotatable bonds is 4. The van der Waals surface area contributed by atoms with Crippen molar-refractivity contribution in [2.24, 2.45) is 0 Å². The molecule has 0 aromatic heterocycles. The molecule has 4 heteroatoms. The second kappa shape index (κ2) is 5.78. The number of hydrogen-bond donors (Lipinski definition) is 0. The number of methoxy groups -OCH3 is 1. The third-order valence-electron chi connectivity index (χ3n) is 3.04. The Hall–Kier alpha value is -1.68. The maximum absolute atomic E-state index is 11.9. The summed E-state index contributed by atoms with van der Waals surface area (Å²) in [6.07, 6.45) is 1.88. The van der Waals surface area contributed by atoms with Crippen LogP contribution in [0, 0.1) is 0 Å². The first-order valence-electron chi connectivity index (χ1n) is 6.02. The zero-order chi connectivity index (χ0) is 13.0. The summed E-state index contributed by atoms with van der Waals surface area (Å²) in [6.45, 7) is 0.678. The normalized spacial score (nSPS) is 18.6. The Bertz CT molecular complexity index is 430. The molecule has 1 saturated heterocycles. The second-order valence-electron chi connectivity index (χ2n) is 4.33. The third-order valence-corrected chi connectivity index (χ3v) is 3.04. The SMILES string of the molecule is COC(=O)c1ccc(CC(=O)C2CCCO2)cc1. The highest BCUT2D eigenvalue weighted by molar-refractivity contribution is 5.89. The van der Waals surface area contributed by atoms with Gasteiger partial charge in [-0.05, 0) is 30.5 Å². The third kappa shape index (κ3) is 2.96. The molecule has 0 radical (unpaired) electrons. The Balaban J connectivity index is 1.97. The van der Waals surface area contributed by atoms with E-state index in [2.05, 4.69) is 4.74 Å². The molecule has 0 spiro atoms. The topological polar surface area (TPSA) is 52.6 Å². The van der Waals surface area contributed by atoms with Crippen LogP contribution in [0.25, 0.3) is 0 Å². The van der Waals surface area contributed by atoms with E-state index in [0.29, 0.717) is 18.6 Å². The Kier molecular flexibility index (Phi) is 4.10. The molecule has 1 aromatic carbocycles. The summed E-state index contributed by atoms with van der Waals surface area (Å²) in [6, 6.07) is 6.89. The molecule has 2 rings (SSSR count). The van der Waals surface area contributed by atoms with Gasteiger partial charge in [-0.15, -0.1) is 0 Å². The van der Waals surface area contributed by atoms with Crippen molar-refractivity contribution in [2.75, 3.05) is 13.7 Å². The predicted octanol–water partition coefficient (Wildman–Crippen LogP) is 1.76. The number of carbonyl (C=O) groups is 2. The van der Waals surface area contributed by atoms with E-state index in [1.807, 2.05) is 0 Å². The van der Waals surface area contributed by atoms with Crippen LogP contribution < -0.4 is 0 Å². The molecule has 1 aromatic rings. The van der Waals surface area contributed by atoms with Crippen LogP contribution >= 0.6 is 0 Å². The minimum absolute atomic E-state index is 0.110. The summed E-state index contributed by atoms with van der Waals surface area (Å²) < 4.78 is 9.96. The highest BCUT2D eigenvalue weighted by atomic mass is 16.5. The van der Waals surface area contributed by atoms with Gasteiger partial charge in [0, 0.05) is 13.0 Å². The van der Waals surface area contributed by atoms with E-state index in [0.717, 1.165) is 18.4 Å². The molecule has 0 saturated carbocycles. The van der Waals surface area contributed by atoms with Gasteiger partial charge < -0.3 is 9.47 Å². The number of esters is 1. The van der Waals surface area contributed by atoms with E-state index in [1.54, 1.807) is 24.3 Å². The summed E-state index contributed by atoms with van der Waals surface area (Å²) in [5.74, 6) is -0.259. The molecule has 4 nitrogen and oxygen atoms in total. The average molecular weight is 248 g/mol. The van der Waals surface area contributed by atoms with Crippen molar-refractivity contribution in [3.05, 3.63) is 35.4 Å². The molecule has 0 aliphatic carbocycles.